The van der Waals surface area contributed by atoms with Crippen LogP contribution in [0.1, 0.15) is 50.4 Å². The van der Waals surface area contributed by atoms with Crippen molar-refractivity contribution in [2.75, 3.05) is 0 Å². The second-order valence-electron chi connectivity index (χ2n) is 5.50. The fraction of sp³-hybridized carbons (Fsp3) is 0.600. The van der Waals surface area contributed by atoms with E-state index < -0.39 is 0 Å². The predicted octanol–water partition coefficient (Wildman–Crippen LogP) is 3.21. The first-order chi connectivity index (χ1) is 9.04. The van der Waals surface area contributed by atoms with Crippen LogP contribution in [0.4, 0.5) is 0 Å². The Morgan fingerprint density at radius 1 is 1.37 bits per heavy atom. The van der Waals surface area contributed by atoms with Gasteiger partial charge in [0.1, 0.15) is 6.10 Å². The summed E-state index contributed by atoms with van der Waals surface area (Å²) in [6, 6.07) is 3.40. The van der Waals surface area contributed by atoms with Gasteiger partial charge in [0.05, 0.1) is 11.7 Å². The molecule has 4 heteroatoms. The van der Waals surface area contributed by atoms with Gasteiger partial charge >= 0.3 is 5.97 Å². The zero-order chi connectivity index (χ0) is 13.8. The van der Waals surface area contributed by atoms with Crippen LogP contribution < -0.4 is 4.74 Å². The average Bonchev–Trinajstić information content (AvgIpc) is 2.75. The molecule has 0 amide bonds. The van der Waals surface area contributed by atoms with Gasteiger partial charge in [0.2, 0.25) is 5.88 Å². The summed E-state index contributed by atoms with van der Waals surface area (Å²) in [5, 5.41) is 0. The minimum Gasteiger partial charge on any atom is -0.475 e. The molecule has 0 saturated heterocycles. The van der Waals surface area contributed by atoms with E-state index in [0.717, 1.165) is 19.3 Å². The zero-order valence-corrected chi connectivity index (χ0v) is 11.8. The van der Waals surface area contributed by atoms with Gasteiger partial charge in [-0.1, -0.05) is 6.92 Å². The maximum atomic E-state index is 11.9. The Kier molecular flexibility index (Phi) is 4.40. The van der Waals surface area contributed by atoms with Crippen LogP contribution in [0, 0.1) is 5.92 Å². The minimum absolute atomic E-state index is 0.0640. The van der Waals surface area contributed by atoms with Crippen LogP contribution in [-0.4, -0.2) is 23.2 Å². The molecule has 0 aliphatic heterocycles. The summed E-state index contributed by atoms with van der Waals surface area (Å²) < 4.78 is 10.9. The average molecular weight is 263 g/mol. The van der Waals surface area contributed by atoms with Crippen molar-refractivity contribution in [3.8, 4) is 5.88 Å². The summed E-state index contributed by atoms with van der Waals surface area (Å²) in [4.78, 5) is 16.0. The van der Waals surface area contributed by atoms with Crippen molar-refractivity contribution in [3.63, 3.8) is 0 Å². The third-order valence-corrected chi connectivity index (χ3v) is 3.25. The van der Waals surface area contributed by atoms with Crippen LogP contribution in [0.2, 0.25) is 0 Å². The Morgan fingerprint density at radius 3 is 2.68 bits per heavy atom. The molecule has 0 radical (unpaired) electrons. The fourth-order valence-electron chi connectivity index (χ4n) is 2.29. The van der Waals surface area contributed by atoms with Crippen molar-refractivity contribution in [2.45, 2.75) is 52.2 Å². The highest BCUT2D eigenvalue weighted by molar-refractivity contribution is 5.89. The highest BCUT2D eigenvalue weighted by Gasteiger charge is 2.25. The summed E-state index contributed by atoms with van der Waals surface area (Å²) in [5.41, 5.74) is 0.482. The summed E-state index contributed by atoms with van der Waals surface area (Å²) in [5.74, 6) is 0.890. The van der Waals surface area contributed by atoms with Crippen molar-refractivity contribution in [1.29, 1.82) is 0 Å². The third kappa shape index (κ3) is 3.94. The van der Waals surface area contributed by atoms with Crippen LogP contribution >= 0.6 is 0 Å². The molecule has 0 bridgehead atoms. The van der Waals surface area contributed by atoms with E-state index in [4.69, 9.17) is 9.47 Å². The smallest absolute Gasteiger partial charge is 0.339 e. The van der Waals surface area contributed by atoms with E-state index in [-0.39, 0.29) is 18.2 Å². The van der Waals surface area contributed by atoms with Crippen molar-refractivity contribution < 1.29 is 14.3 Å². The minimum atomic E-state index is -0.289. The first-order valence-corrected chi connectivity index (χ1v) is 6.88. The molecular formula is C15H21NO3. The van der Waals surface area contributed by atoms with Gasteiger partial charge in [-0.3, -0.25) is 0 Å². The maximum Gasteiger partial charge on any atom is 0.339 e. The molecule has 4 nitrogen and oxygen atoms in total. The molecule has 1 saturated carbocycles. The molecule has 1 aliphatic carbocycles. The molecule has 0 unspecified atom stereocenters. The number of pyridine rings is 1. The SMILES string of the molecule is CC(C)Oc1ccc(C(=O)O[C@@H]2CC[C@H](C)C2)cn1. The Hall–Kier alpha value is -1.58. The molecule has 1 aromatic heterocycles. The molecule has 2 atom stereocenters. The summed E-state index contributed by atoms with van der Waals surface area (Å²) in [6.07, 6.45) is 4.72. The van der Waals surface area contributed by atoms with Gasteiger partial charge in [-0.05, 0) is 45.1 Å². The van der Waals surface area contributed by atoms with E-state index in [9.17, 15) is 4.79 Å². The molecular weight excluding hydrogens is 242 g/mol. The lowest BCUT2D eigenvalue weighted by atomic mass is 10.1. The van der Waals surface area contributed by atoms with Crippen molar-refractivity contribution in [3.05, 3.63) is 23.9 Å². The first kappa shape index (κ1) is 13.8. The number of aromatic nitrogens is 1. The molecule has 1 heterocycles. The molecule has 104 valence electrons. The van der Waals surface area contributed by atoms with Gasteiger partial charge in [-0.25, -0.2) is 9.78 Å². The summed E-state index contributed by atoms with van der Waals surface area (Å²) in [7, 11) is 0. The summed E-state index contributed by atoms with van der Waals surface area (Å²) in [6.45, 7) is 6.06. The number of ether oxygens (including phenoxy) is 2. The van der Waals surface area contributed by atoms with E-state index in [2.05, 4.69) is 11.9 Å². The van der Waals surface area contributed by atoms with Crippen molar-refractivity contribution >= 4 is 5.97 Å². The quantitative estimate of drug-likeness (QED) is 0.783. The van der Waals surface area contributed by atoms with Gasteiger partial charge in [-0.15, -0.1) is 0 Å². The normalized spacial score (nSPS) is 22.5. The molecule has 1 aromatic rings. The van der Waals surface area contributed by atoms with E-state index >= 15 is 0 Å². The third-order valence-electron chi connectivity index (χ3n) is 3.25. The fourth-order valence-corrected chi connectivity index (χ4v) is 2.29. The van der Waals surface area contributed by atoms with Crippen LogP contribution in [0.25, 0.3) is 0 Å². The highest BCUT2D eigenvalue weighted by atomic mass is 16.5. The number of esters is 1. The van der Waals surface area contributed by atoms with Crippen molar-refractivity contribution in [1.82, 2.24) is 4.98 Å². The van der Waals surface area contributed by atoms with Gasteiger partial charge in [0.15, 0.2) is 0 Å². The number of nitrogens with zero attached hydrogens (tertiary/aromatic N) is 1. The standard InChI is InChI=1S/C15H21NO3/c1-10(2)18-14-7-5-12(9-16-14)15(17)19-13-6-4-11(3)8-13/h5,7,9-11,13H,4,6,8H2,1-3H3/t11-,13+/m0/s1. The summed E-state index contributed by atoms with van der Waals surface area (Å²) >= 11 is 0. The predicted molar refractivity (Wildman–Crippen MR) is 72.2 cm³/mol. The monoisotopic (exact) mass is 263 g/mol. The van der Waals surface area contributed by atoms with Gasteiger partial charge < -0.3 is 9.47 Å². The Balaban J connectivity index is 1.92. The number of rotatable bonds is 4. The Morgan fingerprint density at radius 2 is 2.16 bits per heavy atom. The number of hydrogen-bond donors (Lipinski definition) is 0. The molecule has 1 aliphatic rings. The van der Waals surface area contributed by atoms with Gasteiger partial charge in [0.25, 0.3) is 0 Å². The second kappa shape index (κ2) is 6.04. The lowest BCUT2D eigenvalue weighted by Gasteiger charge is -2.12. The van der Waals surface area contributed by atoms with E-state index in [1.807, 2.05) is 13.8 Å². The van der Waals surface area contributed by atoms with Crippen molar-refractivity contribution in [2.24, 2.45) is 5.92 Å². The second-order valence-corrected chi connectivity index (χ2v) is 5.50. The molecule has 0 N–H and O–H groups in total. The van der Waals surface area contributed by atoms with Gasteiger partial charge in [-0.2, -0.15) is 0 Å². The Labute approximate surface area is 114 Å². The Bertz CT molecular complexity index is 428. The lowest BCUT2D eigenvalue weighted by Crippen LogP contribution is -2.15. The highest BCUT2D eigenvalue weighted by Crippen LogP contribution is 2.27. The number of hydrogen-bond acceptors (Lipinski definition) is 4. The van der Waals surface area contributed by atoms with E-state index in [1.54, 1.807) is 12.1 Å². The van der Waals surface area contributed by atoms with Gasteiger partial charge in [0, 0.05) is 12.3 Å². The lowest BCUT2D eigenvalue weighted by molar-refractivity contribution is 0.0310. The van der Waals surface area contributed by atoms with Crippen LogP contribution in [0.15, 0.2) is 18.3 Å². The number of carbonyl (C=O) groups is 1. The maximum absolute atomic E-state index is 11.9. The van der Waals surface area contributed by atoms with Crippen LogP contribution in [0.3, 0.4) is 0 Å². The van der Waals surface area contributed by atoms with Crippen LogP contribution in [0.5, 0.6) is 5.88 Å². The molecule has 2 rings (SSSR count). The zero-order valence-electron chi connectivity index (χ0n) is 11.8. The molecule has 0 spiro atoms. The first-order valence-electron chi connectivity index (χ1n) is 6.88. The number of carbonyl (C=O) groups excluding carboxylic acids is 1. The molecule has 19 heavy (non-hydrogen) atoms. The van der Waals surface area contributed by atoms with E-state index in [0.29, 0.717) is 17.4 Å². The van der Waals surface area contributed by atoms with E-state index in [1.165, 1.54) is 6.20 Å². The molecule has 0 aromatic carbocycles. The topological polar surface area (TPSA) is 48.4 Å². The molecule has 1 fully saturated rings. The van der Waals surface area contributed by atoms with Crippen LogP contribution in [-0.2, 0) is 4.74 Å². The largest absolute Gasteiger partial charge is 0.475 e.